The minimum absolute atomic E-state index is 0.327. The van der Waals surface area contributed by atoms with Crippen molar-refractivity contribution in [1.29, 1.82) is 0 Å². The van der Waals surface area contributed by atoms with Gasteiger partial charge in [0, 0.05) is 18.9 Å². The number of rotatable bonds is 5. The zero-order valence-electron chi connectivity index (χ0n) is 11.2. The summed E-state index contributed by atoms with van der Waals surface area (Å²) in [5.74, 6) is 0.747. The van der Waals surface area contributed by atoms with Gasteiger partial charge in [0.2, 0.25) is 0 Å². The molecule has 1 N–H and O–H groups in total. The Labute approximate surface area is 122 Å². The van der Waals surface area contributed by atoms with Gasteiger partial charge >= 0.3 is 0 Å². The van der Waals surface area contributed by atoms with Gasteiger partial charge in [-0.2, -0.15) is 0 Å². The first-order valence-corrected chi connectivity index (χ1v) is 8.99. The molecule has 0 bridgehead atoms. The summed E-state index contributed by atoms with van der Waals surface area (Å²) in [6.07, 6.45) is 4.67. The minimum atomic E-state index is -3.14. The first-order chi connectivity index (χ1) is 9.49. The van der Waals surface area contributed by atoms with E-state index in [4.69, 9.17) is 0 Å². The van der Waals surface area contributed by atoms with Crippen LogP contribution in [0, 0.1) is 0 Å². The highest BCUT2D eigenvalue weighted by molar-refractivity contribution is 7.98. The average molecular weight is 309 g/mol. The van der Waals surface area contributed by atoms with Crippen LogP contribution in [-0.4, -0.2) is 30.9 Å². The first-order valence-electron chi connectivity index (χ1n) is 5.88. The van der Waals surface area contributed by atoms with Crippen LogP contribution in [0.1, 0.15) is 5.56 Å². The molecule has 0 aliphatic heterocycles. The van der Waals surface area contributed by atoms with Gasteiger partial charge in [-0.05, 0) is 24.0 Å². The number of benzene rings is 1. The Morgan fingerprint density at radius 2 is 1.90 bits per heavy atom. The van der Waals surface area contributed by atoms with Crippen LogP contribution in [-0.2, 0) is 16.4 Å². The number of thioether (sulfide) groups is 1. The van der Waals surface area contributed by atoms with Crippen LogP contribution in [0.5, 0.6) is 0 Å². The second-order valence-electron chi connectivity index (χ2n) is 4.22. The second-order valence-corrected chi connectivity index (χ2v) is 7.06. The Bertz CT molecular complexity index is 685. The van der Waals surface area contributed by atoms with E-state index >= 15 is 0 Å². The van der Waals surface area contributed by atoms with E-state index in [9.17, 15) is 8.42 Å². The molecule has 0 radical (unpaired) electrons. The molecule has 106 valence electrons. The topological polar surface area (TPSA) is 72.0 Å². The molecule has 1 aromatic carbocycles. The Morgan fingerprint density at radius 1 is 1.20 bits per heavy atom. The van der Waals surface area contributed by atoms with E-state index < -0.39 is 9.84 Å². The SMILES string of the molecule is CSc1cc(NCc2ccc(S(C)(=O)=O)cc2)ncn1. The summed E-state index contributed by atoms with van der Waals surface area (Å²) in [5.41, 5.74) is 0.988. The fourth-order valence-corrected chi connectivity index (χ4v) is 2.61. The van der Waals surface area contributed by atoms with Crippen molar-refractivity contribution < 1.29 is 8.42 Å². The van der Waals surface area contributed by atoms with Crippen LogP contribution >= 0.6 is 11.8 Å². The third kappa shape index (κ3) is 3.94. The number of hydrogen-bond donors (Lipinski definition) is 1. The maximum absolute atomic E-state index is 11.4. The summed E-state index contributed by atoms with van der Waals surface area (Å²) < 4.78 is 22.7. The molecule has 0 aliphatic carbocycles. The zero-order valence-corrected chi connectivity index (χ0v) is 12.8. The van der Waals surface area contributed by atoms with E-state index in [1.165, 1.54) is 12.6 Å². The third-order valence-electron chi connectivity index (χ3n) is 2.68. The molecule has 20 heavy (non-hydrogen) atoms. The molecule has 0 saturated carbocycles. The highest BCUT2D eigenvalue weighted by Gasteiger charge is 2.06. The van der Waals surface area contributed by atoms with Crippen molar-refractivity contribution in [2.75, 3.05) is 17.8 Å². The lowest BCUT2D eigenvalue weighted by Crippen LogP contribution is -2.03. The van der Waals surface area contributed by atoms with Gasteiger partial charge in [0.25, 0.3) is 0 Å². The van der Waals surface area contributed by atoms with Crippen LogP contribution in [0.15, 0.2) is 46.6 Å². The van der Waals surface area contributed by atoms with Gasteiger partial charge in [-0.3, -0.25) is 0 Å². The zero-order chi connectivity index (χ0) is 14.6. The van der Waals surface area contributed by atoms with E-state index in [2.05, 4.69) is 15.3 Å². The molecule has 7 heteroatoms. The maximum Gasteiger partial charge on any atom is 0.175 e. The lowest BCUT2D eigenvalue weighted by Gasteiger charge is -2.07. The van der Waals surface area contributed by atoms with Gasteiger partial charge in [0.05, 0.1) is 4.90 Å². The molecular weight excluding hydrogens is 294 g/mol. The predicted molar refractivity (Wildman–Crippen MR) is 80.7 cm³/mol. The molecular formula is C13H15N3O2S2. The quantitative estimate of drug-likeness (QED) is 0.674. The van der Waals surface area contributed by atoms with Crippen molar-refractivity contribution >= 4 is 27.4 Å². The summed E-state index contributed by atoms with van der Waals surface area (Å²) >= 11 is 1.55. The maximum atomic E-state index is 11.4. The van der Waals surface area contributed by atoms with Gasteiger partial charge in [0.15, 0.2) is 9.84 Å². The summed E-state index contributed by atoms with van der Waals surface area (Å²) in [6, 6.07) is 8.68. The van der Waals surface area contributed by atoms with Crippen molar-refractivity contribution in [2.24, 2.45) is 0 Å². The van der Waals surface area contributed by atoms with E-state index in [0.717, 1.165) is 16.4 Å². The molecule has 0 unspecified atom stereocenters. The molecule has 0 aliphatic rings. The molecule has 0 atom stereocenters. The van der Waals surface area contributed by atoms with Crippen molar-refractivity contribution in [2.45, 2.75) is 16.5 Å². The van der Waals surface area contributed by atoms with Crippen LogP contribution in [0.4, 0.5) is 5.82 Å². The normalized spacial score (nSPS) is 11.3. The lowest BCUT2D eigenvalue weighted by atomic mass is 10.2. The van der Waals surface area contributed by atoms with Gasteiger partial charge < -0.3 is 5.32 Å². The lowest BCUT2D eigenvalue weighted by molar-refractivity contribution is 0.602. The fourth-order valence-electron chi connectivity index (χ4n) is 1.59. The Morgan fingerprint density at radius 3 is 2.50 bits per heavy atom. The number of nitrogens with one attached hydrogen (secondary N) is 1. The average Bonchev–Trinajstić information content (AvgIpc) is 2.45. The van der Waals surface area contributed by atoms with Crippen molar-refractivity contribution in [3.8, 4) is 0 Å². The van der Waals surface area contributed by atoms with Crippen molar-refractivity contribution in [3.63, 3.8) is 0 Å². The molecule has 2 aromatic rings. The van der Waals surface area contributed by atoms with Gasteiger partial charge in [0.1, 0.15) is 17.2 Å². The van der Waals surface area contributed by atoms with E-state index in [1.54, 1.807) is 36.0 Å². The monoisotopic (exact) mass is 309 g/mol. The standard InChI is InChI=1S/C13H15N3O2S2/c1-19-13-7-12(15-9-16-13)14-8-10-3-5-11(6-4-10)20(2,17)18/h3-7,9H,8H2,1-2H3,(H,14,15,16). The number of nitrogens with zero attached hydrogens (tertiary/aromatic N) is 2. The number of anilines is 1. The summed E-state index contributed by atoms with van der Waals surface area (Å²) in [7, 11) is -3.14. The Hall–Kier alpha value is -1.60. The van der Waals surface area contributed by atoms with Crippen molar-refractivity contribution in [1.82, 2.24) is 9.97 Å². The summed E-state index contributed by atoms with van der Waals surface area (Å²) in [4.78, 5) is 8.55. The van der Waals surface area contributed by atoms with E-state index in [0.29, 0.717) is 11.4 Å². The smallest absolute Gasteiger partial charge is 0.175 e. The highest BCUT2D eigenvalue weighted by atomic mass is 32.2. The number of hydrogen-bond acceptors (Lipinski definition) is 6. The molecule has 0 amide bonds. The molecule has 0 fully saturated rings. The number of sulfone groups is 1. The summed E-state index contributed by atoms with van der Waals surface area (Å²) in [6.45, 7) is 0.578. The Kier molecular flexibility index (Phi) is 4.61. The molecule has 5 nitrogen and oxygen atoms in total. The number of aromatic nitrogens is 2. The largest absolute Gasteiger partial charge is 0.366 e. The van der Waals surface area contributed by atoms with Crippen LogP contribution in [0.2, 0.25) is 0 Å². The van der Waals surface area contributed by atoms with E-state index in [-0.39, 0.29) is 0 Å². The predicted octanol–water partition coefficient (Wildman–Crippen LogP) is 2.21. The van der Waals surface area contributed by atoms with Crippen LogP contribution in [0.3, 0.4) is 0 Å². The second kappa shape index (κ2) is 6.23. The first kappa shape index (κ1) is 14.8. The molecule has 2 rings (SSSR count). The fraction of sp³-hybridized carbons (Fsp3) is 0.231. The van der Waals surface area contributed by atoms with E-state index in [1.807, 2.05) is 12.3 Å². The van der Waals surface area contributed by atoms with Crippen LogP contribution in [0.25, 0.3) is 0 Å². The van der Waals surface area contributed by atoms with Gasteiger partial charge in [-0.1, -0.05) is 12.1 Å². The molecule has 1 heterocycles. The molecule has 0 spiro atoms. The van der Waals surface area contributed by atoms with Gasteiger partial charge in [-0.25, -0.2) is 18.4 Å². The minimum Gasteiger partial charge on any atom is -0.366 e. The Balaban J connectivity index is 2.04. The molecule has 0 saturated heterocycles. The van der Waals surface area contributed by atoms with Crippen molar-refractivity contribution in [3.05, 3.63) is 42.2 Å². The third-order valence-corrected chi connectivity index (χ3v) is 4.45. The summed E-state index contributed by atoms with van der Waals surface area (Å²) in [5, 5.41) is 4.08. The van der Waals surface area contributed by atoms with Crippen LogP contribution < -0.4 is 5.32 Å². The highest BCUT2D eigenvalue weighted by Crippen LogP contribution is 2.15. The van der Waals surface area contributed by atoms with Gasteiger partial charge in [-0.15, -0.1) is 11.8 Å². The molecule has 1 aromatic heterocycles.